The number of carbonyl (C=O) groups excluding carboxylic acids is 1. The molecular weight excluding hydrogens is 316 g/mol. The van der Waals surface area contributed by atoms with E-state index in [4.69, 9.17) is 4.74 Å². The first kappa shape index (κ1) is 18.4. The fourth-order valence-corrected chi connectivity index (χ4v) is 3.60. The van der Waals surface area contributed by atoms with Gasteiger partial charge >= 0.3 is 0 Å². The van der Waals surface area contributed by atoms with Crippen molar-refractivity contribution in [2.24, 2.45) is 0 Å². The summed E-state index contributed by atoms with van der Waals surface area (Å²) in [5.41, 5.74) is 1.64. The Balaban J connectivity index is 1.56. The minimum Gasteiger partial charge on any atom is -0.373 e. The van der Waals surface area contributed by atoms with Gasteiger partial charge in [0.1, 0.15) is 5.69 Å². The van der Waals surface area contributed by atoms with E-state index in [0.717, 1.165) is 19.6 Å². The van der Waals surface area contributed by atoms with Gasteiger partial charge in [-0.05, 0) is 53.5 Å². The molecule has 0 radical (unpaired) electrons. The summed E-state index contributed by atoms with van der Waals surface area (Å²) in [6, 6.07) is 1.98. The topological polar surface area (TPSA) is 59.4 Å². The van der Waals surface area contributed by atoms with Crippen LogP contribution in [0.25, 0.3) is 0 Å². The van der Waals surface area contributed by atoms with Gasteiger partial charge in [0.2, 0.25) is 0 Å². The van der Waals surface area contributed by atoms with Crippen molar-refractivity contribution in [3.63, 3.8) is 0 Å². The summed E-state index contributed by atoms with van der Waals surface area (Å²) >= 11 is 0. The van der Waals surface area contributed by atoms with Crippen LogP contribution in [0.3, 0.4) is 0 Å². The number of amides is 1. The Morgan fingerprint density at radius 2 is 1.92 bits per heavy atom. The highest BCUT2D eigenvalue weighted by atomic mass is 16.5. The highest BCUT2D eigenvalue weighted by Crippen LogP contribution is 2.41. The molecule has 6 nitrogen and oxygen atoms in total. The lowest BCUT2D eigenvalue weighted by atomic mass is 10.1. The van der Waals surface area contributed by atoms with Gasteiger partial charge in [-0.1, -0.05) is 0 Å². The van der Waals surface area contributed by atoms with Crippen molar-refractivity contribution in [1.82, 2.24) is 20.0 Å². The maximum atomic E-state index is 12.5. The molecule has 1 aliphatic carbocycles. The zero-order valence-corrected chi connectivity index (χ0v) is 16.2. The zero-order valence-electron chi connectivity index (χ0n) is 16.2. The molecule has 0 aromatic carbocycles. The van der Waals surface area contributed by atoms with Gasteiger partial charge in [-0.2, -0.15) is 5.10 Å². The number of carbonyl (C=O) groups is 1. The molecule has 2 aliphatic rings. The molecule has 1 aliphatic heterocycles. The van der Waals surface area contributed by atoms with E-state index in [9.17, 15) is 4.79 Å². The third-order valence-corrected chi connectivity index (χ3v) is 4.81. The summed E-state index contributed by atoms with van der Waals surface area (Å²) in [6.07, 6.45) is 2.91. The molecule has 1 amide bonds. The maximum Gasteiger partial charge on any atom is 0.271 e. The standard InChI is InChI=1S/C19H32N4O2/c1-13-11-22(12-14(2)25-13)9-8-20-18(24)16-10-17(15-6-7-15)23(21-16)19(3,4)5/h10,13-15H,6-9,11-12H2,1-5H3,(H,20,24). The monoisotopic (exact) mass is 348 g/mol. The second-order valence-electron chi connectivity index (χ2n) is 8.58. The first-order valence-corrected chi connectivity index (χ1v) is 9.50. The van der Waals surface area contributed by atoms with Crippen molar-refractivity contribution in [1.29, 1.82) is 0 Å². The van der Waals surface area contributed by atoms with Crippen LogP contribution in [0.2, 0.25) is 0 Å². The summed E-state index contributed by atoms with van der Waals surface area (Å²) in [5, 5.41) is 7.63. The van der Waals surface area contributed by atoms with E-state index in [2.05, 4.69) is 49.9 Å². The van der Waals surface area contributed by atoms with Gasteiger partial charge in [0.05, 0.1) is 17.7 Å². The summed E-state index contributed by atoms with van der Waals surface area (Å²) in [4.78, 5) is 14.9. The van der Waals surface area contributed by atoms with Crippen LogP contribution in [0.1, 0.15) is 69.6 Å². The number of ether oxygens (including phenoxy) is 1. The molecule has 1 saturated carbocycles. The molecule has 3 rings (SSSR count). The first-order valence-electron chi connectivity index (χ1n) is 9.50. The number of nitrogens with zero attached hydrogens (tertiary/aromatic N) is 3. The van der Waals surface area contributed by atoms with Crippen LogP contribution in [-0.2, 0) is 10.3 Å². The Kier molecular flexibility index (Phi) is 5.21. The Morgan fingerprint density at radius 1 is 1.28 bits per heavy atom. The molecular formula is C19H32N4O2. The van der Waals surface area contributed by atoms with Crippen LogP contribution in [0, 0.1) is 0 Å². The van der Waals surface area contributed by atoms with E-state index in [1.807, 2.05) is 10.7 Å². The van der Waals surface area contributed by atoms with Crippen molar-refractivity contribution >= 4 is 5.91 Å². The van der Waals surface area contributed by atoms with Crippen molar-refractivity contribution in [3.05, 3.63) is 17.5 Å². The van der Waals surface area contributed by atoms with Crippen molar-refractivity contribution in [3.8, 4) is 0 Å². The number of hydrogen-bond donors (Lipinski definition) is 1. The van der Waals surface area contributed by atoms with Gasteiger partial charge in [-0.15, -0.1) is 0 Å². The molecule has 2 heterocycles. The SMILES string of the molecule is CC1CN(CCNC(=O)c2cc(C3CC3)n(C(C)(C)C)n2)CC(C)O1. The third kappa shape index (κ3) is 4.61. The molecule has 0 bridgehead atoms. The highest BCUT2D eigenvalue weighted by Gasteiger charge is 2.32. The molecule has 1 saturated heterocycles. The predicted octanol–water partition coefficient (Wildman–Crippen LogP) is 2.35. The zero-order chi connectivity index (χ0) is 18.2. The van der Waals surface area contributed by atoms with Crippen LogP contribution >= 0.6 is 0 Å². The van der Waals surface area contributed by atoms with E-state index in [1.165, 1.54) is 18.5 Å². The lowest BCUT2D eigenvalue weighted by Gasteiger charge is -2.35. The van der Waals surface area contributed by atoms with Crippen LogP contribution in [0.5, 0.6) is 0 Å². The van der Waals surface area contributed by atoms with E-state index >= 15 is 0 Å². The Labute approximate surface area is 150 Å². The average Bonchev–Trinajstić information content (AvgIpc) is 3.23. The quantitative estimate of drug-likeness (QED) is 0.887. The Bertz CT molecular complexity index is 605. The smallest absolute Gasteiger partial charge is 0.271 e. The summed E-state index contributed by atoms with van der Waals surface area (Å²) in [6.45, 7) is 13.9. The lowest BCUT2D eigenvalue weighted by molar-refractivity contribution is -0.0672. The van der Waals surface area contributed by atoms with Gasteiger partial charge in [-0.25, -0.2) is 0 Å². The van der Waals surface area contributed by atoms with Gasteiger partial charge in [0.25, 0.3) is 5.91 Å². The number of hydrogen-bond acceptors (Lipinski definition) is 4. The highest BCUT2D eigenvalue weighted by molar-refractivity contribution is 5.92. The minimum atomic E-state index is -0.101. The molecule has 0 spiro atoms. The van der Waals surface area contributed by atoms with Crippen LogP contribution < -0.4 is 5.32 Å². The average molecular weight is 348 g/mol. The summed E-state index contributed by atoms with van der Waals surface area (Å²) < 4.78 is 7.78. The van der Waals surface area contributed by atoms with Gasteiger partial charge < -0.3 is 10.1 Å². The van der Waals surface area contributed by atoms with E-state index in [1.54, 1.807) is 0 Å². The molecule has 140 valence electrons. The predicted molar refractivity (Wildman–Crippen MR) is 98.0 cm³/mol. The molecule has 25 heavy (non-hydrogen) atoms. The summed E-state index contributed by atoms with van der Waals surface area (Å²) in [7, 11) is 0. The molecule has 2 atom stereocenters. The van der Waals surface area contributed by atoms with Crippen LogP contribution in [0.15, 0.2) is 6.07 Å². The van der Waals surface area contributed by atoms with E-state index < -0.39 is 0 Å². The third-order valence-electron chi connectivity index (χ3n) is 4.81. The van der Waals surface area contributed by atoms with Crippen molar-refractivity contribution in [2.75, 3.05) is 26.2 Å². The summed E-state index contributed by atoms with van der Waals surface area (Å²) in [5.74, 6) is 0.504. The van der Waals surface area contributed by atoms with E-state index in [0.29, 0.717) is 18.2 Å². The Hall–Kier alpha value is -1.40. The number of morpholine rings is 1. The van der Waals surface area contributed by atoms with Gasteiger partial charge in [0, 0.05) is 37.8 Å². The molecule has 1 aromatic rings. The second kappa shape index (κ2) is 7.08. The largest absolute Gasteiger partial charge is 0.373 e. The fourth-order valence-electron chi connectivity index (χ4n) is 3.60. The van der Waals surface area contributed by atoms with Crippen molar-refractivity contribution in [2.45, 2.75) is 71.1 Å². The molecule has 6 heteroatoms. The number of rotatable bonds is 5. The van der Waals surface area contributed by atoms with E-state index in [-0.39, 0.29) is 23.7 Å². The van der Waals surface area contributed by atoms with Crippen molar-refractivity contribution < 1.29 is 9.53 Å². The second-order valence-corrected chi connectivity index (χ2v) is 8.58. The van der Waals surface area contributed by atoms with Crippen LogP contribution in [-0.4, -0.2) is 59.0 Å². The lowest BCUT2D eigenvalue weighted by Crippen LogP contribution is -2.47. The molecule has 1 N–H and O–H groups in total. The maximum absolute atomic E-state index is 12.5. The van der Waals surface area contributed by atoms with Gasteiger partial charge in [0.15, 0.2) is 0 Å². The molecule has 1 aromatic heterocycles. The van der Waals surface area contributed by atoms with Crippen LogP contribution in [0.4, 0.5) is 0 Å². The first-order chi connectivity index (χ1) is 11.7. The number of aromatic nitrogens is 2. The molecule has 2 unspecified atom stereocenters. The Morgan fingerprint density at radius 3 is 2.48 bits per heavy atom. The molecule has 2 fully saturated rings. The fraction of sp³-hybridized carbons (Fsp3) is 0.789. The number of nitrogens with one attached hydrogen (secondary N) is 1. The van der Waals surface area contributed by atoms with Gasteiger partial charge in [-0.3, -0.25) is 14.4 Å². The normalized spacial score (nSPS) is 25.2. The minimum absolute atomic E-state index is 0.0701.